The van der Waals surface area contributed by atoms with Crippen molar-refractivity contribution >= 4 is 25.8 Å². The SMILES string of the molecule is O=C(CC1CCCc2ccccc21)C(F)(F)S(=O)(=O)[N-]S(=O)(=O)c1c(F)c(F)c(F)c(F)c1F. The lowest BCUT2D eigenvalue weighted by molar-refractivity contribution is -0.133. The highest BCUT2D eigenvalue weighted by Gasteiger charge is 2.49. The number of fused-ring (bicyclic) bond motifs is 1. The number of benzene rings is 2. The second-order valence-corrected chi connectivity index (χ2v) is 10.8. The van der Waals surface area contributed by atoms with E-state index < -0.39 is 77.4 Å². The van der Waals surface area contributed by atoms with Gasteiger partial charge in [0.1, 0.15) is 14.9 Å². The van der Waals surface area contributed by atoms with E-state index in [4.69, 9.17) is 0 Å². The van der Waals surface area contributed by atoms with Gasteiger partial charge in [-0.2, -0.15) is 8.78 Å². The summed E-state index contributed by atoms with van der Waals surface area (Å²) < 4.78 is 146. The molecule has 2 aromatic carbocycles. The molecule has 15 heteroatoms. The summed E-state index contributed by atoms with van der Waals surface area (Å²) in [5, 5.41) is -5.48. The second-order valence-electron chi connectivity index (χ2n) is 7.36. The molecule has 0 bridgehead atoms. The number of alkyl halides is 2. The Balaban J connectivity index is 1.92. The number of halogens is 7. The maximum Gasteiger partial charge on any atom is 0.387 e. The highest BCUT2D eigenvalue weighted by Crippen LogP contribution is 2.40. The summed E-state index contributed by atoms with van der Waals surface area (Å²) in [6.07, 6.45) is 0.275. The van der Waals surface area contributed by atoms with Crippen molar-refractivity contribution in [3.05, 3.63) is 68.6 Å². The molecule has 0 saturated carbocycles. The molecule has 1 unspecified atom stereocenters. The summed E-state index contributed by atoms with van der Waals surface area (Å²) in [7, 11) is -13.1. The lowest BCUT2D eigenvalue weighted by Crippen LogP contribution is -2.39. The van der Waals surface area contributed by atoms with Gasteiger partial charge in [0.25, 0.3) is 0 Å². The first-order valence-corrected chi connectivity index (χ1v) is 12.2. The van der Waals surface area contributed by atoms with Crippen molar-refractivity contribution in [1.82, 2.24) is 0 Å². The Labute approximate surface area is 188 Å². The summed E-state index contributed by atoms with van der Waals surface area (Å²) in [4.78, 5) is 9.44. The summed E-state index contributed by atoms with van der Waals surface area (Å²) in [6.45, 7) is 0. The van der Waals surface area contributed by atoms with Crippen LogP contribution in [0.15, 0.2) is 29.2 Å². The van der Waals surface area contributed by atoms with Gasteiger partial charge in [0.2, 0.25) is 11.6 Å². The molecule has 0 amide bonds. The predicted octanol–water partition coefficient (Wildman–Crippen LogP) is 4.45. The van der Waals surface area contributed by atoms with Crippen LogP contribution in [-0.2, 0) is 31.3 Å². The first-order chi connectivity index (χ1) is 15.6. The fourth-order valence-electron chi connectivity index (χ4n) is 3.58. The van der Waals surface area contributed by atoms with Crippen LogP contribution < -0.4 is 0 Å². The Bertz CT molecular complexity index is 1350. The van der Waals surface area contributed by atoms with E-state index in [9.17, 15) is 52.4 Å². The largest absolute Gasteiger partial charge is 0.426 e. The average Bonchev–Trinajstić information content (AvgIpc) is 2.75. The summed E-state index contributed by atoms with van der Waals surface area (Å²) in [6, 6.07) is 6.48. The van der Waals surface area contributed by atoms with Crippen LogP contribution >= 0.6 is 0 Å². The molecule has 0 N–H and O–H groups in total. The zero-order valence-corrected chi connectivity index (χ0v) is 18.3. The van der Waals surface area contributed by atoms with E-state index in [-0.39, 0.29) is 6.42 Å². The van der Waals surface area contributed by atoms with Crippen LogP contribution in [0.25, 0.3) is 4.13 Å². The Hall–Kier alpha value is -2.52. The molecule has 1 atom stereocenters. The smallest absolute Gasteiger partial charge is 0.387 e. The highest BCUT2D eigenvalue weighted by molar-refractivity contribution is 8.13. The van der Waals surface area contributed by atoms with Gasteiger partial charge in [0, 0.05) is 6.42 Å². The molecule has 0 aliphatic heterocycles. The third-order valence-electron chi connectivity index (χ3n) is 5.20. The number of nitrogens with zero attached hydrogens (tertiary/aromatic N) is 1. The fourth-order valence-corrected chi connectivity index (χ4v) is 6.29. The van der Waals surface area contributed by atoms with Crippen molar-refractivity contribution in [2.24, 2.45) is 0 Å². The molecule has 3 rings (SSSR count). The number of sulfonamides is 2. The minimum Gasteiger partial charge on any atom is -0.426 e. The lowest BCUT2D eigenvalue weighted by Gasteiger charge is -2.29. The average molecular weight is 532 g/mol. The summed E-state index contributed by atoms with van der Waals surface area (Å²) in [5.41, 5.74) is 1.26. The van der Waals surface area contributed by atoms with Crippen molar-refractivity contribution in [1.29, 1.82) is 0 Å². The normalized spacial score (nSPS) is 16.9. The highest BCUT2D eigenvalue weighted by atomic mass is 32.3. The molecule has 0 heterocycles. The molecular formula is C19H13F7NO5S2-. The van der Waals surface area contributed by atoms with Crippen LogP contribution in [0, 0.1) is 29.1 Å². The molecular weight excluding hydrogens is 519 g/mol. The van der Waals surface area contributed by atoms with Crippen molar-refractivity contribution in [2.45, 2.75) is 41.8 Å². The van der Waals surface area contributed by atoms with Gasteiger partial charge in [0.05, 0.1) is 0 Å². The molecule has 6 nitrogen and oxygen atoms in total. The van der Waals surface area contributed by atoms with Gasteiger partial charge >= 0.3 is 5.25 Å². The number of rotatable bonds is 7. The lowest BCUT2D eigenvalue weighted by atomic mass is 9.80. The number of carbonyl (C=O) groups excluding carboxylic acids is 1. The van der Waals surface area contributed by atoms with Gasteiger partial charge in [0.15, 0.2) is 33.3 Å². The van der Waals surface area contributed by atoms with Gasteiger partial charge in [-0.05, 0) is 36.3 Å². The number of hydrogen-bond donors (Lipinski definition) is 0. The van der Waals surface area contributed by atoms with Crippen LogP contribution in [0.2, 0.25) is 0 Å². The van der Waals surface area contributed by atoms with E-state index in [1.165, 1.54) is 0 Å². The number of carbonyl (C=O) groups is 1. The fraction of sp³-hybridized carbons (Fsp3) is 0.316. The van der Waals surface area contributed by atoms with Gasteiger partial charge in [-0.15, -0.1) is 0 Å². The van der Waals surface area contributed by atoms with E-state index in [1.807, 2.05) is 0 Å². The maximum atomic E-state index is 14.5. The van der Waals surface area contributed by atoms with Crippen molar-refractivity contribution in [3.63, 3.8) is 0 Å². The molecule has 0 aromatic heterocycles. The minimum atomic E-state index is -6.68. The summed E-state index contributed by atoms with van der Waals surface area (Å²) >= 11 is 0. The van der Waals surface area contributed by atoms with Gasteiger partial charge in [-0.25, -0.2) is 38.8 Å². The minimum absolute atomic E-state index is 0.235. The zero-order valence-electron chi connectivity index (χ0n) is 16.7. The molecule has 34 heavy (non-hydrogen) atoms. The van der Waals surface area contributed by atoms with E-state index in [0.717, 1.165) is 5.56 Å². The van der Waals surface area contributed by atoms with Gasteiger partial charge in [-0.1, -0.05) is 24.3 Å². The van der Waals surface area contributed by atoms with Crippen LogP contribution in [0.1, 0.15) is 36.3 Å². The number of Topliss-reactive ketones (excluding diaryl/α,β-unsaturated/α-hetero) is 1. The van der Waals surface area contributed by atoms with E-state index in [1.54, 1.807) is 28.4 Å². The van der Waals surface area contributed by atoms with E-state index >= 15 is 0 Å². The Kier molecular flexibility index (Phi) is 6.85. The number of aryl methyl sites for hydroxylation is 1. The molecule has 0 saturated heterocycles. The Morgan fingerprint density at radius 1 is 0.912 bits per heavy atom. The van der Waals surface area contributed by atoms with Crippen LogP contribution in [0.5, 0.6) is 0 Å². The quantitative estimate of drug-likeness (QED) is 0.298. The van der Waals surface area contributed by atoms with Crippen LogP contribution in [0.3, 0.4) is 0 Å². The van der Waals surface area contributed by atoms with E-state index in [2.05, 4.69) is 0 Å². The molecule has 0 radical (unpaired) electrons. The summed E-state index contributed by atoms with van der Waals surface area (Å²) in [5.74, 6) is -17.4. The second kappa shape index (κ2) is 8.92. The standard InChI is InChI=1S/C19H13F7NO5S2/c20-13-14(21)16(23)18(17(24)15(13)22)33(29,30)27-34(31,32)19(25,26)12(28)8-10-6-3-5-9-4-1-2-7-11(9)10/h1-2,4,7,10H,3,5-6,8H2/q-1. The molecule has 0 fully saturated rings. The molecule has 0 spiro atoms. The van der Waals surface area contributed by atoms with Crippen molar-refractivity contribution < 1.29 is 52.4 Å². The maximum absolute atomic E-state index is 14.5. The Morgan fingerprint density at radius 2 is 1.44 bits per heavy atom. The first-order valence-electron chi connectivity index (χ1n) is 9.36. The zero-order chi connectivity index (χ0) is 25.6. The molecule has 1 aliphatic carbocycles. The monoisotopic (exact) mass is 532 g/mol. The third kappa shape index (κ3) is 4.43. The third-order valence-corrected chi connectivity index (χ3v) is 8.52. The van der Waals surface area contributed by atoms with Crippen molar-refractivity contribution in [2.75, 3.05) is 0 Å². The van der Waals surface area contributed by atoms with Gasteiger partial charge < -0.3 is 4.13 Å². The predicted molar refractivity (Wildman–Crippen MR) is 102 cm³/mol. The molecule has 2 aromatic rings. The molecule has 1 aliphatic rings. The number of ketones is 1. The van der Waals surface area contributed by atoms with E-state index in [0.29, 0.717) is 18.4 Å². The van der Waals surface area contributed by atoms with Crippen LogP contribution in [0.4, 0.5) is 30.7 Å². The van der Waals surface area contributed by atoms with Crippen LogP contribution in [-0.4, -0.2) is 27.9 Å². The molecule has 186 valence electrons. The first kappa shape index (κ1) is 26.1. The van der Waals surface area contributed by atoms with Gasteiger partial charge in [-0.3, -0.25) is 4.79 Å². The number of hydrogen-bond acceptors (Lipinski definition) is 5. The topological polar surface area (TPSA) is 99.4 Å². The Morgan fingerprint density at radius 3 is 2.03 bits per heavy atom. The van der Waals surface area contributed by atoms with Crippen molar-refractivity contribution in [3.8, 4) is 0 Å².